The number of hydrogen-bond donors (Lipinski definition) is 3. The zero-order chi connectivity index (χ0) is 19.3. The van der Waals surface area contributed by atoms with Gasteiger partial charge in [-0.15, -0.1) is 0 Å². The Bertz CT molecular complexity index is 1050. The topological polar surface area (TPSA) is 133 Å². The van der Waals surface area contributed by atoms with Gasteiger partial charge in [0.05, 0.1) is 18.1 Å². The number of nitrogens with zero attached hydrogens (tertiary/aromatic N) is 1. The lowest BCUT2D eigenvalue weighted by atomic mass is 9.87. The van der Waals surface area contributed by atoms with Crippen molar-refractivity contribution in [2.45, 2.75) is 12.8 Å². The molecule has 1 aromatic carbocycles. The van der Waals surface area contributed by atoms with Gasteiger partial charge in [-0.1, -0.05) is 6.92 Å². The van der Waals surface area contributed by atoms with Gasteiger partial charge in [-0.05, 0) is 6.07 Å². The van der Waals surface area contributed by atoms with Crippen LogP contribution in [0.3, 0.4) is 0 Å². The second kappa shape index (κ2) is 5.97. The highest BCUT2D eigenvalue weighted by atomic mass is 16.5. The van der Waals surface area contributed by atoms with Gasteiger partial charge in [0, 0.05) is 24.6 Å². The number of carbonyl (C=O) groups is 2. The maximum Gasteiger partial charge on any atom is 0.352 e. The molecule has 26 heavy (non-hydrogen) atoms. The number of quaternary nitrogens is 1. The van der Waals surface area contributed by atoms with Crippen molar-refractivity contribution >= 4 is 28.5 Å². The van der Waals surface area contributed by atoms with Crippen LogP contribution in [-0.2, 0) is 11.8 Å². The molecule has 2 heterocycles. The van der Waals surface area contributed by atoms with Gasteiger partial charge >= 0.3 is 11.9 Å². The summed E-state index contributed by atoms with van der Waals surface area (Å²) in [5, 5.41) is 30.8. The van der Waals surface area contributed by atoms with Crippen molar-refractivity contribution in [3.63, 3.8) is 0 Å². The van der Waals surface area contributed by atoms with E-state index in [1.807, 2.05) is 0 Å². The smallest absolute Gasteiger partial charge is 0.352 e. The predicted octanol–water partition coefficient (Wildman–Crippen LogP) is 0.345. The number of benzene rings is 1. The Morgan fingerprint density at radius 3 is 2.46 bits per heavy atom. The molecule has 0 radical (unpaired) electrons. The number of pyridine rings is 1. The third kappa shape index (κ3) is 2.37. The van der Waals surface area contributed by atoms with Crippen molar-refractivity contribution in [2.75, 3.05) is 7.11 Å². The van der Waals surface area contributed by atoms with E-state index in [9.17, 15) is 29.8 Å². The normalized spacial score (nSPS) is 19.0. The fourth-order valence-corrected chi connectivity index (χ4v) is 3.37. The summed E-state index contributed by atoms with van der Waals surface area (Å²) in [6.45, 7) is 1.62. The number of aromatic nitrogens is 1. The first-order valence-corrected chi connectivity index (χ1v) is 7.66. The van der Waals surface area contributed by atoms with Gasteiger partial charge in [0.2, 0.25) is 0 Å². The number of hydrogen-bond acceptors (Lipinski definition) is 5. The molecule has 1 aliphatic rings. The molecule has 0 fully saturated rings. The fraction of sp³-hybridized carbons (Fsp3) is 0.235. The Morgan fingerprint density at radius 1 is 1.27 bits per heavy atom. The largest absolute Gasteiger partial charge is 0.624 e. The maximum atomic E-state index is 12.7. The molecule has 0 aliphatic carbocycles. The monoisotopic (exact) mass is 360 g/mol. The highest BCUT2D eigenvalue weighted by molar-refractivity contribution is 5.99. The highest BCUT2D eigenvalue weighted by Gasteiger charge is 2.34. The molecule has 1 aromatic heterocycles. The van der Waals surface area contributed by atoms with Crippen LogP contribution in [-0.4, -0.2) is 33.8 Å². The molecular weight excluding hydrogens is 344 g/mol. The van der Waals surface area contributed by atoms with E-state index in [0.29, 0.717) is 5.56 Å². The van der Waals surface area contributed by atoms with E-state index >= 15 is 0 Å². The van der Waals surface area contributed by atoms with E-state index < -0.39 is 28.3 Å². The summed E-state index contributed by atoms with van der Waals surface area (Å²) in [6.07, 6.45) is 1.01. The number of carboxylic acid groups (broad SMARTS) is 2. The Kier molecular flexibility index (Phi) is 4.05. The molecule has 0 bridgehead atoms. The summed E-state index contributed by atoms with van der Waals surface area (Å²) in [5.74, 6) is -3.02. The second-order valence-corrected chi connectivity index (χ2v) is 6.02. The van der Waals surface area contributed by atoms with Crippen LogP contribution in [0.1, 0.15) is 28.9 Å². The number of aryl methyl sites for hydroxylation is 1. The van der Waals surface area contributed by atoms with Gasteiger partial charge in [0.25, 0.3) is 0 Å². The lowest BCUT2D eigenvalue weighted by molar-refractivity contribution is -0.715. The van der Waals surface area contributed by atoms with Crippen LogP contribution >= 0.6 is 0 Å². The number of hydroxylamine groups is 1. The van der Waals surface area contributed by atoms with Crippen molar-refractivity contribution < 1.29 is 29.6 Å². The molecule has 2 unspecified atom stereocenters. The molecule has 3 N–H and O–H groups in total. The quantitative estimate of drug-likeness (QED) is 0.672. The van der Waals surface area contributed by atoms with E-state index in [0.717, 1.165) is 12.3 Å². The van der Waals surface area contributed by atoms with Crippen molar-refractivity contribution in [3.05, 3.63) is 50.6 Å². The number of carboxylic acids is 2. The number of rotatable bonds is 3. The fourth-order valence-electron chi connectivity index (χ4n) is 3.37. The molecule has 9 heteroatoms. The van der Waals surface area contributed by atoms with Crippen LogP contribution in [0.4, 0.5) is 5.69 Å². The summed E-state index contributed by atoms with van der Waals surface area (Å²) < 4.78 is 6.51. The summed E-state index contributed by atoms with van der Waals surface area (Å²) in [6, 6.07) is 2.44. The molecule has 1 aliphatic heterocycles. The molecule has 0 amide bonds. The molecule has 2 atom stereocenters. The number of methoxy groups -OCH3 is 1. The average molecular weight is 360 g/mol. The van der Waals surface area contributed by atoms with Crippen LogP contribution in [0.5, 0.6) is 5.75 Å². The van der Waals surface area contributed by atoms with Crippen LogP contribution in [0.25, 0.3) is 10.9 Å². The molecule has 136 valence electrons. The molecule has 2 aromatic rings. The first-order valence-electron chi connectivity index (χ1n) is 7.66. The summed E-state index contributed by atoms with van der Waals surface area (Å²) in [4.78, 5) is 35.4. The number of fused-ring (bicyclic) bond motifs is 3. The number of ether oxygens (including phenoxy) is 1. The molecule has 0 spiro atoms. The number of aliphatic carboxylic acids is 1. The molecule has 0 saturated heterocycles. The van der Waals surface area contributed by atoms with Crippen molar-refractivity contribution in [3.8, 4) is 5.75 Å². The predicted molar refractivity (Wildman–Crippen MR) is 90.8 cm³/mol. The zero-order valence-corrected chi connectivity index (χ0v) is 14.2. The molecule has 0 saturated carbocycles. The number of aromatic carboxylic acids is 1. The van der Waals surface area contributed by atoms with Gasteiger partial charge in [-0.3, -0.25) is 4.79 Å². The van der Waals surface area contributed by atoms with Gasteiger partial charge < -0.3 is 29.8 Å². The van der Waals surface area contributed by atoms with E-state index in [1.165, 1.54) is 24.8 Å². The maximum absolute atomic E-state index is 12.7. The highest BCUT2D eigenvalue weighted by Crippen LogP contribution is 2.39. The standard InChI is InChI=1S/C17H16N2O7/c1-7-8-4-12(26-3)13-11(20)5-10(17(23)24)18(2)15(13)14(8)19(25)6-9(7)16(21)22/h4-7,19H,1-3H3,(H,21,22)(H,23,24). The van der Waals surface area contributed by atoms with Crippen LogP contribution in [0.15, 0.2) is 28.7 Å². The van der Waals surface area contributed by atoms with Gasteiger partial charge in [-0.25, -0.2) is 9.59 Å². The first kappa shape index (κ1) is 17.6. The Hall–Kier alpha value is -3.17. The number of nitrogens with one attached hydrogen (secondary N) is 1. The average Bonchev–Trinajstić information content (AvgIpc) is 2.58. The third-order valence-corrected chi connectivity index (χ3v) is 4.66. The zero-order valence-electron chi connectivity index (χ0n) is 14.2. The minimum atomic E-state index is -1.32. The lowest BCUT2D eigenvalue weighted by Gasteiger charge is -2.31. The van der Waals surface area contributed by atoms with E-state index in [2.05, 4.69) is 0 Å². The SMILES string of the molecule is COc1cc2c(c3c1c(=O)cc(C(=O)O)n3C)[NH+]([O-])C=C(C(=O)O)C2C. The third-order valence-electron chi connectivity index (χ3n) is 4.66. The Morgan fingerprint density at radius 2 is 1.92 bits per heavy atom. The minimum Gasteiger partial charge on any atom is -0.624 e. The van der Waals surface area contributed by atoms with Gasteiger partial charge in [0.1, 0.15) is 23.2 Å². The summed E-state index contributed by atoms with van der Waals surface area (Å²) >= 11 is 0. The van der Waals surface area contributed by atoms with Crippen LogP contribution in [0, 0.1) is 5.21 Å². The van der Waals surface area contributed by atoms with Gasteiger partial charge in [-0.2, -0.15) is 0 Å². The lowest BCUT2D eigenvalue weighted by Crippen LogP contribution is -2.98. The van der Waals surface area contributed by atoms with E-state index in [1.54, 1.807) is 6.92 Å². The van der Waals surface area contributed by atoms with Crippen LogP contribution < -0.4 is 15.2 Å². The van der Waals surface area contributed by atoms with Crippen LogP contribution in [0.2, 0.25) is 0 Å². The minimum absolute atomic E-state index is 0.0754. The Labute approximate surface area is 146 Å². The van der Waals surface area contributed by atoms with Crippen molar-refractivity contribution in [1.82, 2.24) is 4.57 Å². The molecular formula is C17H16N2O7. The van der Waals surface area contributed by atoms with Crippen molar-refractivity contribution in [1.29, 1.82) is 0 Å². The molecule has 3 rings (SSSR count). The van der Waals surface area contributed by atoms with Crippen molar-refractivity contribution in [2.24, 2.45) is 7.05 Å². The van der Waals surface area contributed by atoms with E-state index in [-0.39, 0.29) is 33.6 Å². The summed E-state index contributed by atoms with van der Waals surface area (Å²) in [7, 11) is 2.77. The van der Waals surface area contributed by atoms with E-state index in [4.69, 9.17) is 4.74 Å². The second-order valence-electron chi connectivity index (χ2n) is 6.02. The summed E-state index contributed by atoms with van der Waals surface area (Å²) in [5.41, 5.74) is -0.363. The Balaban J connectivity index is 2.53. The first-order chi connectivity index (χ1) is 12.2. The van der Waals surface area contributed by atoms with Gasteiger partial charge in [0.15, 0.2) is 11.1 Å². The molecule has 9 nitrogen and oxygen atoms in total.